The van der Waals surface area contributed by atoms with Crippen LogP contribution in [0.15, 0.2) is 0 Å². The molecule has 3 nitrogen and oxygen atoms in total. The first-order valence-corrected chi connectivity index (χ1v) is 6.32. The van der Waals surface area contributed by atoms with Gasteiger partial charge in [-0.1, -0.05) is 0 Å². The third-order valence-electron chi connectivity index (χ3n) is 4.25. The summed E-state index contributed by atoms with van der Waals surface area (Å²) >= 11 is 0. The largest absolute Gasteiger partial charge is 0.298 e. The van der Waals surface area contributed by atoms with Gasteiger partial charge in [-0.25, -0.2) is 0 Å². The molecule has 2 aliphatic rings. The predicted octanol–water partition coefficient (Wildman–Crippen LogP) is 1.52. The quantitative estimate of drug-likeness (QED) is 0.623. The molecule has 0 aliphatic carbocycles. The second-order valence-corrected chi connectivity index (χ2v) is 6.49. The predicted molar refractivity (Wildman–Crippen MR) is 65.5 cm³/mol. The van der Waals surface area contributed by atoms with Gasteiger partial charge in [-0.05, 0) is 47.2 Å². The third kappa shape index (κ3) is 2.03. The van der Waals surface area contributed by atoms with Gasteiger partial charge in [0.15, 0.2) is 0 Å². The van der Waals surface area contributed by atoms with Gasteiger partial charge in [-0.3, -0.25) is 14.6 Å². The van der Waals surface area contributed by atoms with Crippen LogP contribution in [-0.2, 0) is 4.79 Å². The summed E-state index contributed by atoms with van der Waals surface area (Å²) in [6, 6.07) is 0. The van der Waals surface area contributed by atoms with Crippen LogP contribution in [0.2, 0.25) is 0 Å². The van der Waals surface area contributed by atoms with Crippen molar-refractivity contribution in [2.24, 2.45) is 0 Å². The SMILES string of the molecule is CN1CC(=O)CC12CCCN(C(C)(C)C)C2. The Balaban J connectivity index is 2.15. The molecule has 2 fully saturated rings. The number of carbonyl (C=O) groups is 1. The number of carbonyl (C=O) groups excluding carboxylic acids is 1. The number of likely N-dealkylation sites (tertiary alicyclic amines) is 2. The zero-order valence-electron chi connectivity index (χ0n) is 11.0. The third-order valence-corrected chi connectivity index (χ3v) is 4.25. The summed E-state index contributed by atoms with van der Waals surface area (Å²) < 4.78 is 0. The van der Waals surface area contributed by atoms with Crippen molar-refractivity contribution in [3.63, 3.8) is 0 Å². The highest BCUT2D eigenvalue weighted by molar-refractivity contribution is 5.84. The summed E-state index contributed by atoms with van der Waals surface area (Å²) in [7, 11) is 2.11. The Kier molecular flexibility index (Phi) is 2.87. The van der Waals surface area contributed by atoms with Crippen molar-refractivity contribution in [1.82, 2.24) is 9.80 Å². The lowest BCUT2D eigenvalue weighted by Gasteiger charge is -2.49. The first kappa shape index (κ1) is 12.1. The molecule has 0 aromatic carbocycles. The normalized spacial score (nSPS) is 33.9. The molecular weight excluding hydrogens is 200 g/mol. The molecule has 0 aromatic rings. The summed E-state index contributed by atoms with van der Waals surface area (Å²) in [5.41, 5.74) is 0.364. The van der Waals surface area contributed by atoms with Crippen LogP contribution in [0.5, 0.6) is 0 Å². The molecule has 2 aliphatic heterocycles. The highest BCUT2D eigenvalue weighted by Gasteiger charge is 2.46. The standard InChI is InChI=1S/C13H24N2O/c1-12(2,3)15-7-5-6-13(10-15)8-11(16)9-14(13)4/h5-10H2,1-4H3. The van der Waals surface area contributed by atoms with Crippen molar-refractivity contribution in [2.75, 3.05) is 26.7 Å². The lowest BCUT2D eigenvalue weighted by atomic mass is 9.84. The fraction of sp³-hybridized carbons (Fsp3) is 0.923. The lowest BCUT2D eigenvalue weighted by Crippen LogP contribution is -2.58. The number of likely N-dealkylation sites (N-methyl/N-ethyl adjacent to an activating group) is 1. The molecule has 2 saturated heterocycles. The molecule has 3 heteroatoms. The van der Waals surface area contributed by atoms with Gasteiger partial charge in [0, 0.05) is 24.0 Å². The molecule has 2 rings (SSSR count). The van der Waals surface area contributed by atoms with Gasteiger partial charge >= 0.3 is 0 Å². The molecule has 0 bridgehead atoms. The molecule has 0 saturated carbocycles. The van der Waals surface area contributed by atoms with E-state index in [1.165, 1.54) is 19.4 Å². The van der Waals surface area contributed by atoms with Crippen LogP contribution in [0.3, 0.4) is 0 Å². The zero-order chi connectivity index (χ0) is 12.0. The Labute approximate surface area is 98.8 Å². The molecule has 0 amide bonds. The van der Waals surface area contributed by atoms with Crippen LogP contribution in [-0.4, -0.2) is 53.3 Å². The minimum atomic E-state index is 0.141. The average Bonchev–Trinajstić information content (AvgIpc) is 2.40. The van der Waals surface area contributed by atoms with E-state index in [1.807, 2.05) is 0 Å². The first-order valence-electron chi connectivity index (χ1n) is 6.32. The van der Waals surface area contributed by atoms with E-state index in [1.54, 1.807) is 0 Å². The summed E-state index contributed by atoms with van der Waals surface area (Å²) in [5, 5.41) is 0. The first-order chi connectivity index (χ1) is 7.33. The van der Waals surface area contributed by atoms with Gasteiger partial charge in [0.05, 0.1) is 6.54 Å². The molecule has 0 radical (unpaired) electrons. The van der Waals surface area contributed by atoms with E-state index in [0.29, 0.717) is 12.3 Å². The van der Waals surface area contributed by atoms with E-state index >= 15 is 0 Å². The summed E-state index contributed by atoms with van der Waals surface area (Å²) in [4.78, 5) is 16.4. The number of piperidine rings is 1. The maximum Gasteiger partial charge on any atom is 0.148 e. The van der Waals surface area contributed by atoms with Crippen molar-refractivity contribution in [3.8, 4) is 0 Å². The number of ketones is 1. The van der Waals surface area contributed by atoms with Crippen LogP contribution in [0, 0.1) is 0 Å². The van der Waals surface area contributed by atoms with Gasteiger partial charge in [0.25, 0.3) is 0 Å². The van der Waals surface area contributed by atoms with Gasteiger partial charge in [0.1, 0.15) is 5.78 Å². The van der Waals surface area contributed by atoms with Crippen molar-refractivity contribution >= 4 is 5.78 Å². The highest BCUT2D eigenvalue weighted by atomic mass is 16.1. The van der Waals surface area contributed by atoms with E-state index in [4.69, 9.17) is 0 Å². The Morgan fingerprint density at radius 1 is 1.31 bits per heavy atom. The molecule has 16 heavy (non-hydrogen) atoms. The smallest absolute Gasteiger partial charge is 0.148 e. The van der Waals surface area contributed by atoms with Gasteiger partial charge in [0.2, 0.25) is 0 Å². The van der Waals surface area contributed by atoms with Crippen molar-refractivity contribution in [1.29, 1.82) is 0 Å². The number of rotatable bonds is 0. The van der Waals surface area contributed by atoms with Crippen LogP contribution in [0.1, 0.15) is 40.0 Å². The number of hydrogen-bond acceptors (Lipinski definition) is 3. The van der Waals surface area contributed by atoms with E-state index < -0.39 is 0 Å². The monoisotopic (exact) mass is 224 g/mol. The Morgan fingerprint density at radius 2 is 2.00 bits per heavy atom. The average molecular weight is 224 g/mol. The molecule has 2 heterocycles. The summed E-state index contributed by atoms with van der Waals surface area (Å²) in [6.45, 7) is 9.68. The van der Waals surface area contributed by atoms with Gasteiger partial charge in [-0.2, -0.15) is 0 Å². The molecule has 0 aromatic heterocycles. The molecule has 1 atom stereocenters. The minimum absolute atomic E-state index is 0.141. The minimum Gasteiger partial charge on any atom is -0.298 e. The van der Waals surface area contributed by atoms with E-state index in [2.05, 4.69) is 37.6 Å². The molecule has 1 spiro atoms. The van der Waals surface area contributed by atoms with Gasteiger partial charge in [-0.15, -0.1) is 0 Å². The Bertz CT molecular complexity index is 295. The van der Waals surface area contributed by atoms with E-state index in [-0.39, 0.29) is 11.1 Å². The maximum absolute atomic E-state index is 11.6. The molecule has 0 N–H and O–H groups in total. The van der Waals surface area contributed by atoms with Crippen LogP contribution < -0.4 is 0 Å². The fourth-order valence-electron chi connectivity index (χ4n) is 3.13. The molecule has 92 valence electrons. The summed E-state index contributed by atoms with van der Waals surface area (Å²) in [6.07, 6.45) is 3.16. The zero-order valence-corrected chi connectivity index (χ0v) is 11.0. The Morgan fingerprint density at radius 3 is 2.50 bits per heavy atom. The second kappa shape index (κ2) is 3.81. The number of hydrogen-bond donors (Lipinski definition) is 0. The van der Waals surface area contributed by atoms with Gasteiger partial charge < -0.3 is 0 Å². The highest BCUT2D eigenvalue weighted by Crippen LogP contribution is 2.36. The maximum atomic E-state index is 11.6. The lowest BCUT2D eigenvalue weighted by molar-refractivity contribution is -0.117. The number of Topliss-reactive ketones (excluding diaryl/α,β-unsaturated/α-hetero) is 1. The topological polar surface area (TPSA) is 23.6 Å². The van der Waals surface area contributed by atoms with Crippen LogP contribution >= 0.6 is 0 Å². The fourth-order valence-corrected chi connectivity index (χ4v) is 3.13. The van der Waals surface area contributed by atoms with Crippen molar-refractivity contribution < 1.29 is 4.79 Å². The summed E-state index contributed by atoms with van der Waals surface area (Å²) in [5.74, 6) is 0.415. The van der Waals surface area contributed by atoms with Crippen molar-refractivity contribution in [3.05, 3.63) is 0 Å². The second-order valence-electron chi connectivity index (χ2n) is 6.49. The molecule has 1 unspecified atom stereocenters. The molecular formula is C13H24N2O. The van der Waals surface area contributed by atoms with Crippen LogP contribution in [0.4, 0.5) is 0 Å². The Hall–Kier alpha value is -0.410. The van der Waals surface area contributed by atoms with E-state index in [0.717, 1.165) is 13.0 Å². The van der Waals surface area contributed by atoms with E-state index in [9.17, 15) is 4.79 Å². The van der Waals surface area contributed by atoms with Crippen LogP contribution in [0.25, 0.3) is 0 Å². The number of nitrogens with zero attached hydrogens (tertiary/aromatic N) is 2. The van der Waals surface area contributed by atoms with Crippen molar-refractivity contribution in [2.45, 2.75) is 51.1 Å².